The first kappa shape index (κ1) is 17.9. The molecule has 0 aliphatic heterocycles. The zero-order valence-corrected chi connectivity index (χ0v) is 15.5. The van der Waals surface area contributed by atoms with Crippen LogP contribution in [0.2, 0.25) is 0 Å². The van der Waals surface area contributed by atoms with Crippen LogP contribution in [0.25, 0.3) is 22.0 Å². The SMILES string of the molecule is COc1cccc(-c2ccc(CCNc3ncnc4ccc(F)cc34)cc2)c1. The van der Waals surface area contributed by atoms with E-state index in [4.69, 9.17) is 4.74 Å². The third kappa shape index (κ3) is 3.93. The summed E-state index contributed by atoms with van der Waals surface area (Å²) in [6.45, 7) is 0.696. The Balaban J connectivity index is 1.43. The van der Waals surface area contributed by atoms with E-state index in [2.05, 4.69) is 45.6 Å². The van der Waals surface area contributed by atoms with Crippen molar-refractivity contribution in [3.05, 3.63) is 84.4 Å². The van der Waals surface area contributed by atoms with Gasteiger partial charge in [-0.25, -0.2) is 14.4 Å². The number of aromatic nitrogens is 2. The Bertz CT molecular complexity index is 1100. The van der Waals surface area contributed by atoms with Gasteiger partial charge in [-0.2, -0.15) is 0 Å². The molecule has 0 aliphatic rings. The second-order valence-electron chi connectivity index (χ2n) is 6.49. The first-order chi connectivity index (χ1) is 13.7. The molecule has 0 spiro atoms. The lowest BCUT2D eigenvalue weighted by Crippen LogP contribution is -2.07. The summed E-state index contributed by atoms with van der Waals surface area (Å²) in [5.41, 5.74) is 4.21. The van der Waals surface area contributed by atoms with Crippen LogP contribution in [0.4, 0.5) is 10.2 Å². The Hall–Kier alpha value is -3.47. The van der Waals surface area contributed by atoms with Crippen LogP contribution in [0.5, 0.6) is 5.75 Å². The Morgan fingerprint density at radius 1 is 0.929 bits per heavy atom. The third-order valence-electron chi connectivity index (χ3n) is 4.66. The minimum absolute atomic E-state index is 0.293. The summed E-state index contributed by atoms with van der Waals surface area (Å²) in [5.74, 6) is 1.20. The maximum absolute atomic E-state index is 13.5. The molecule has 5 heteroatoms. The summed E-state index contributed by atoms with van der Waals surface area (Å²) in [4.78, 5) is 8.42. The van der Waals surface area contributed by atoms with E-state index < -0.39 is 0 Å². The number of anilines is 1. The van der Waals surface area contributed by atoms with Gasteiger partial charge >= 0.3 is 0 Å². The number of halogens is 1. The highest BCUT2D eigenvalue weighted by atomic mass is 19.1. The van der Waals surface area contributed by atoms with Gasteiger partial charge in [-0.1, -0.05) is 36.4 Å². The Labute approximate surface area is 163 Å². The molecular formula is C23H20FN3O. The Kier molecular flexibility index (Phi) is 5.15. The van der Waals surface area contributed by atoms with E-state index in [9.17, 15) is 4.39 Å². The number of nitrogens with one attached hydrogen (secondary N) is 1. The summed E-state index contributed by atoms with van der Waals surface area (Å²) in [6.07, 6.45) is 2.32. The van der Waals surface area contributed by atoms with Crippen molar-refractivity contribution in [2.75, 3.05) is 19.0 Å². The quantitative estimate of drug-likeness (QED) is 0.511. The maximum Gasteiger partial charge on any atom is 0.137 e. The molecule has 0 bridgehead atoms. The van der Waals surface area contributed by atoms with Crippen LogP contribution in [0.15, 0.2) is 73.1 Å². The topological polar surface area (TPSA) is 47.0 Å². The van der Waals surface area contributed by atoms with Crippen LogP contribution >= 0.6 is 0 Å². The van der Waals surface area contributed by atoms with Crippen LogP contribution in [0, 0.1) is 5.82 Å². The number of fused-ring (bicyclic) bond motifs is 1. The molecule has 4 nitrogen and oxygen atoms in total. The van der Waals surface area contributed by atoms with Crippen molar-refractivity contribution in [1.82, 2.24) is 9.97 Å². The molecule has 1 N–H and O–H groups in total. The fraction of sp³-hybridized carbons (Fsp3) is 0.130. The summed E-state index contributed by atoms with van der Waals surface area (Å²) < 4.78 is 18.8. The van der Waals surface area contributed by atoms with Gasteiger partial charge in [0.15, 0.2) is 0 Å². The molecule has 4 aromatic rings. The fourth-order valence-electron chi connectivity index (χ4n) is 3.16. The number of nitrogens with zero attached hydrogens (tertiary/aromatic N) is 2. The van der Waals surface area contributed by atoms with Gasteiger partial charge in [0.25, 0.3) is 0 Å². The normalized spacial score (nSPS) is 10.8. The van der Waals surface area contributed by atoms with Crippen molar-refractivity contribution >= 4 is 16.7 Å². The van der Waals surface area contributed by atoms with Crippen LogP contribution in [-0.2, 0) is 6.42 Å². The number of ether oxygens (including phenoxy) is 1. The lowest BCUT2D eigenvalue weighted by Gasteiger charge is -2.09. The van der Waals surface area contributed by atoms with Gasteiger partial charge in [0.2, 0.25) is 0 Å². The van der Waals surface area contributed by atoms with E-state index in [1.54, 1.807) is 13.2 Å². The van der Waals surface area contributed by atoms with Gasteiger partial charge in [-0.3, -0.25) is 0 Å². The molecule has 0 amide bonds. The minimum atomic E-state index is -0.293. The van der Waals surface area contributed by atoms with Crippen molar-refractivity contribution in [3.8, 4) is 16.9 Å². The van der Waals surface area contributed by atoms with Gasteiger partial charge in [-0.15, -0.1) is 0 Å². The lowest BCUT2D eigenvalue weighted by molar-refractivity contribution is 0.415. The van der Waals surface area contributed by atoms with Crippen molar-refractivity contribution in [3.63, 3.8) is 0 Å². The summed E-state index contributed by atoms with van der Waals surface area (Å²) >= 11 is 0. The van der Waals surface area contributed by atoms with E-state index in [-0.39, 0.29) is 5.82 Å². The molecule has 4 rings (SSSR count). The van der Waals surface area contributed by atoms with Crippen LogP contribution in [-0.4, -0.2) is 23.6 Å². The zero-order chi connectivity index (χ0) is 19.3. The molecule has 0 saturated carbocycles. The summed E-state index contributed by atoms with van der Waals surface area (Å²) in [6, 6.07) is 21.0. The van der Waals surface area contributed by atoms with E-state index in [1.165, 1.54) is 24.0 Å². The van der Waals surface area contributed by atoms with Crippen LogP contribution < -0.4 is 10.1 Å². The molecule has 3 aromatic carbocycles. The van der Waals surface area contributed by atoms with Gasteiger partial charge in [0, 0.05) is 11.9 Å². The Morgan fingerprint density at radius 2 is 1.79 bits per heavy atom. The van der Waals surface area contributed by atoms with Gasteiger partial charge in [0.05, 0.1) is 12.6 Å². The van der Waals surface area contributed by atoms with Gasteiger partial charge in [0.1, 0.15) is 23.7 Å². The standard InChI is InChI=1S/C23H20FN3O/c1-28-20-4-2-3-18(13-20)17-7-5-16(6-8-17)11-12-25-23-21-14-19(24)9-10-22(21)26-15-27-23/h2-10,13-15H,11-12H2,1H3,(H,25,26,27). The van der Waals surface area contributed by atoms with E-state index in [0.717, 1.165) is 28.8 Å². The molecule has 0 unspecified atom stereocenters. The summed E-state index contributed by atoms with van der Waals surface area (Å²) in [5, 5.41) is 3.98. The average Bonchev–Trinajstić information content (AvgIpc) is 2.74. The molecule has 0 atom stereocenters. The molecule has 140 valence electrons. The lowest BCUT2D eigenvalue weighted by atomic mass is 10.0. The zero-order valence-electron chi connectivity index (χ0n) is 15.5. The van der Waals surface area contributed by atoms with Gasteiger partial charge < -0.3 is 10.1 Å². The van der Waals surface area contributed by atoms with Crippen molar-refractivity contribution in [2.45, 2.75) is 6.42 Å². The second-order valence-corrected chi connectivity index (χ2v) is 6.49. The first-order valence-corrected chi connectivity index (χ1v) is 9.10. The number of benzene rings is 3. The van der Waals surface area contributed by atoms with Crippen LogP contribution in [0.1, 0.15) is 5.56 Å². The van der Waals surface area contributed by atoms with E-state index in [1.807, 2.05) is 18.2 Å². The van der Waals surface area contributed by atoms with Crippen LogP contribution in [0.3, 0.4) is 0 Å². The molecular weight excluding hydrogens is 353 g/mol. The monoisotopic (exact) mass is 373 g/mol. The predicted octanol–water partition coefficient (Wildman–Crippen LogP) is 5.10. The number of rotatable bonds is 6. The number of hydrogen-bond donors (Lipinski definition) is 1. The highest BCUT2D eigenvalue weighted by molar-refractivity contribution is 5.88. The van der Waals surface area contributed by atoms with Gasteiger partial charge in [-0.05, 0) is 53.4 Å². The Morgan fingerprint density at radius 3 is 2.61 bits per heavy atom. The molecule has 1 aromatic heterocycles. The third-order valence-corrected chi connectivity index (χ3v) is 4.66. The molecule has 0 aliphatic carbocycles. The van der Waals surface area contributed by atoms with E-state index >= 15 is 0 Å². The molecule has 28 heavy (non-hydrogen) atoms. The number of methoxy groups -OCH3 is 1. The average molecular weight is 373 g/mol. The predicted molar refractivity (Wildman–Crippen MR) is 110 cm³/mol. The molecule has 0 saturated heterocycles. The molecule has 0 radical (unpaired) electrons. The maximum atomic E-state index is 13.5. The second kappa shape index (κ2) is 8.05. The molecule has 0 fully saturated rings. The first-order valence-electron chi connectivity index (χ1n) is 9.10. The minimum Gasteiger partial charge on any atom is -0.497 e. The highest BCUT2D eigenvalue weighted by Crippen LogP contribution is 2.24. The van der Waals surface area contributed by atoms with Crippen molar-refractivity contribution in [2.24, 2.45) is 0 Å². The number of hydrogen-bond acceptors (Lipinski definition) is 4. The highest BCUT2D eigenvalue weighted by Gasteiger charge is 2.05. The smallest absolute Gasteiger partial charge is 0.137 e. The summed E-state index contributed by atoms with van der Waals surface area (Å²) in [7, 11) is 1.67. The largest absolute Gasteiger partial charge is 0.497 e. The fourth-order valence-corrected chi connectivity index (χ4v) is 3.16. The van der Waals surface area contributed by atoms with Crippen molar-refractivity contribution in [1.29, 1.82) is 0 Å². The van der Waals surface area contributed by atoms with Crippen molar-refractivity contribution < 1.29 is 9.13 Å². The molecule has 1 heterocycles. The van der Waals surface area contributed by atoms with E-state index in [0.29, 0.717) is 17.7 Å².